The zero-order chi connectivity index (χ0) is 19.2. The van der Waals surface area contributed by atoms with Crippen molar-refractivity contribution in [3.63, 3.8) is 0 Å². The number of hydrogen-bond acceptors (Lipinski definition) is 3. The molecule has 0 unspecified atom stereocenters. The largest absolute Gasteiger partial charge is 0.435 e. The fourth-order valence-corrected chi connectivity index (χ4v) is 3.58. The molecule has 2 fully saturated rings. The van der Waals surface area contributed by atoms with E-state index in [0.29, 0.717) is 25.9 Å². The first-order valence-corrected chi connectivity index (χ1v) is 9.33. The van der Waals surface area contributed by atoms with Crippen LogP contribution in [0, 0.1) is 5.92 Å². The Hall–Kier alpha value is -2.44. The summed E-state index contributed by atoms with van der Waals surface area (Å²) in [7, 11) is 0. The van der Waals surface area contributed by atoms with E-state index in [1.54, 1.807) is 23.1 Å². The van der Waals surface area contributed by atoms with Crippen molar-refractivity contribution in [1.82, 2.24) is 9.80 Å². The van der Waals surface area contributed by atoms with Crippen molar-refractivity contribution in [2.45, 2.75) is 32.3 Å². The smallest absolute Gasteiger partial charge is 0.387 e. The molecule has 1 aromatic carbocycles. The fourth-order valence-electron chi connectivity index (χ4n) is 3.58. The molecule has 146 valence electrons. The Morgan fingerprint density at radius 1 is 1.00 bits per heavy atom. The molecule has 0 aromatic heterocycles. The van der Waals surface area contributed by atoms with Gasteiger partial charge in [0.2, 0.25) is 11.8 Å². The molecule has 0 bridgehead atoms. The van der Waals surface area contributed by atoms with Crippen molar-refractivity contribution in [2.75, 3.05) is 26.2 Å². The minimum Gasteiger partial charge on any atom is -0.435 e. The lowest BCUT2D eigenvalue weighted by atomic mass is 9.95. The predicted octanol–water partition coefficient (Wildman–Crippen LogP) is 3.16. The molecule has 27 heavy (non-hydrogen) atoms. The van der Waals surface area contributed by atoms with Gasteiger partial charge in [0.05, 0.1) is 0 Å². The highest BCUT2D eigenvalue weighted by molar-refractivity contribution is 5.92. The third kappa shape index (κ3) is 5.28. The van der Waals surface area contributed by atoms with Gasteiger partial charge in [-0.1, -0.05) is 12.1 Å². The third-order valence-electron chi connectivity index (χ3n) is 5.10. The molecule has 2 aliphatic heterocycles. The van der Waals surface area contributed by atoms with E-state index >= 15 is 0 Å². The zero-order valence-electron chi connectivity index (χ0n) is 15.2. The molecule has 2 amide bonds. The van der Waals surface area contributed by atoms with Gasteiger partial charge in [-0.15, -0.1) is 0 Å². The summed E-state index contributed by atoms with van der Waals surface area (Å²) in [4.78, 5) is 28.5. The van der Waals surface area contributed by atoms with Gasteiger partial charge in [0.15, 0.2) is 0 Å². The number of benzene rings is 1. The van der Waals surface area contributed by atoms with Crippen LogP contribution in [0.5, 0.6) is 5.75 Å². The highest BCUT2D eigenvalue weighted by Gasteiger charge is 2.30. The maximum absolute atomic E-state index is 12.4. The number of amides is 2. The van der Waals surface area contributed by atoms with Crippen LogP contribution in [0.3, 0.4) is 0 Å². The van der Waals surface area contributed by atoms with E-state index in [9.17, 15) is 18.4 Å². The van der Waals surface area contributed by atoms with Crippen LogP contribution in [0.15, 0.2) is 30.3 Å². The third-order valence-corrected chi connectivity index (χ3v) is 5.10. The quantitative estimate of drug-likeness (QED) is 0.740. The number of halogens is 2. The minimum atomic E-state index is -2.85. The summed E-state index contributed by atoms with van der Waals surface area (Å²) in [6, 6.07) is 6.10. The Labute approximate surface area is 157 Å². The van der Waals surface area contributed by atoms with Crippen LogP contribution in [0.25, 0.3) is 6.08 Å². The first kappa shape index (κ1) is 19.3. The van der Waals surface area contributed by atoms with Gasteiger partial charge in [0.25, 0.3) is 0 Å². The summed E-state index contributed by atoms with van der Waals surface area (Å²) in [5.74, 6) is 0.243. The topological polar surface area (TPSA) is 49.9 Å². The van der Waals surface area contributed by atoms with E-state index in [2.05, 4.69) is 4.74 Å². The molecule has 7 heteroatoms. The lowest BCUT2D eigenvalue weighted by molar-refractivity contribution is -0.138. The van der Waals surface area contributed by atoms with Crippen molar-refractivity contribution >= 4 is 17.9 Å². The molecule has 2 saturated heterocycles. The number of alkyl halides is 2. The SMILES string of the molecule is O=C(/C=C/c1ccc(OC(F)F)cc1)N1CCC(C(=O)N2CCCC2)CC1. The second kappa shape index (κ2) is 8.97. The maximum atomic E-state index is 12.4. The molecule has 0 N–H and O–H groups in total. The van der Waals surface area contributed by atoms with Gasteiger partial charge in [-0.25, -0.2) is 0 Å². The molecule has 0 aliphatic carbocycles. The van der Waals surface area contributed by atoms with E-state index in [1.165, 1.54) is 18.2 Å². The Morgan fingerprint density at radius 3 is 2.22 bits per heavy atom. The molecule has 0 radical (unpaired) electrons. The monoisotopic (exact) mass is 378 g/mol. The van der Waals surface area contributed by atoms with Crippen LogP contribution in [0.1, 0.15) is 31.2 Å². The molecule has 0 spiro atoms. The Balaban J connectivity index is 1.47. The van der Waals surface area contributed by atoms with Crippen molar-refractivity contribution in [3.8, 4) is 5.75 Å². The van der Waals surface area contributed by atoms with E-state index < -0.39 is 6.61 Å². The average molecular weight is 378 g/mol. The molecule has 5 nitrogen and oxygen atoms in total. The number of carbonyl (C=O) groups excluding carboxylic acids is 2. The molecule has 1 aromatic rings. The molecule has 3 rings (SSSR count). The van der Waals surface area contributed by atoms with Crippen LogP contribution in [0.2, 0.25) is 0 Å². The molecular weight excluding hydrogens is 354 g/mol. The normalized spacial score (nSPS) is 18.5. The van der Waals surface area contributed by atoms with Crippen LogP contribution in [-0.4, -0.2) is 54.4 Å². The van der Waals surface area contributed by atoms with Crippen molar-refractivity contribution in [3.05, 3.63) is 35.9 Å². The summed E-state index contributed by atoms with van der Waals surface area (Å²) in [6.07, 6.45) is 6.71. The first-order valence-electron chi connectivity index (χ1n) is 9.33. The molecule has 2 heterocycles. The number of carbonyl (C=O) groups is 2. The summed E-state index contributed by atoms with van der Waals surface area (Å²) >= 11 is 0. The Morgan fingerprint density at radius 2 is 1.63 bits per heavy atom. The predicted molar refractivity (Wildman–Crippen MR) is 97.2 cm³/mol. The van der Waals surface area contributed by atoms with E-state index in [0.717, 1.165) is 31.5 Å². The average Bonchev–Trinajstić information content (AvgIpc) is 3.21. The number of hydrogen-bond donors (Lipinski definition) is 0. The van der Waals surface area contributed by atoms with E-state index in [-0.39, 0.29) is 23.5 Å². The summed E-state index contributed by atoms with van der Waals surface area (Å²) in [5.41, 5.74) is 0.726. The Bertz CT molecular complexity index is 677. The van der Waals surface area contributed by atoms with Gasteiger partial charge >= 0.3 is 6.61 Å². The number of ether oxygens (including phenoxy) is 1. The number of rotatable bonds is 5. The maximum Gasteiger partial charge on any atom is 0.387 e. The second-order valence-electron chi connectivity index (χ2n) is 6.91. The van der Waals surface area contributed by atoms with Crippen molar-refractivity contribution in [1.29, 1.82) is 0 Å². The summed E-state index contributed by atoms with van der Waals surface area (Å²) in [6.45, 7) is 0.0284. The van der Waals surface area contributed by atoms with Crippen molar-refractivity contribution in [2.24, 2.45) is 5.92 Å². The number of piperidine rings is 1. The first-order chi connectivity index (χ1) is 13.0. The number of nitrogens with zero attached hydrogens (tertiary/aromatic N) is 2. The standard InChI is InChI=1S/C20H24F2N2O3/c21-20(22)27-17-6-3-15(4-7-17)5-8-18(25)23-13-9-16(10-14-23)19(26)24-11-1-2-12-24/h3-8,16,20H,1-2,9-14H2/b8-5+. The minimum absolute atomic E-state index is 0.0264. The Kier molecular flexibility index (Phi) is 6.42. The zero-order valence-corrected chi connectivity index (χ0v) is 15.2. The van der Waals surface area contributed by atoms with Gasteiger partial charge in [0, 0.05) is 38.2 Å². The fraction of sp³-hybridized carbons (Fsp3) is 0.500. The van der Waals surface area contributed by atoms with Crippen LogP contribution < -0.4 is 4.74 Å². The van der Waals surface area contributed by atoms with Crippen LogP contribution in [0.4, 0.5) is 8.78 Å². The van der Waals surface area contributed by atoms with E-state index in [4.69, 9.17) is 0 Å². The molecule has 2 aliphatic rings. The highest BCUT2D eigenvalue weighted by Crippen LogP contribution is 2.22. The lowest BCUT2D eigenvalue weighted by Gasteiger charge is -2.32. The van der Waals surface area contributed by atoms with Crippen LogP contribution in [-0.2, 0) is 9.59 Å². The van der Waals surface area contributed by atoms with Gasteiger partial charge in [-0.2, -0.15) is 8.78 Å². The molecular formula is C20H24F2N2O3. The molecule has 0 saturated carbocycles. The molecule has 0 atom stereocenters. The van der Waals surface area contributed by atoms with Gasteiger partial charge < -0.3 is 14.5 Å². The highest BCUT2D eigenvalue weighted by atomic mass is 19.3. The van der Waals surface area contributed by atoms with Gasteiger partial charge in [-0.3, -0.25) is 9.59 Å². The second-order valence-corrected chi connectivity index (χ2v) is 6.91. The van der Waals surface area contributed by atoms with Crippen LogP contribution >= 0.6 is 0 Å². The summed E-state index contributed by atoms with van der Waals surface area (Å²) < 4.78 is 28.6. The number of likely N-dealkylation sites (tertiary alicyclic amines) is 2. The summed E-state index contributed by atoms with van der Waals surface area (Å²) in [5, 5.41) is 0. The van der Waals surface area contributed by atoms with Gasteiger partial charge in [0.1, 0.15) is 5.75 Å². The van der Waals surface area contributed by atoms with Crippen molar-refractivity contribution < 1.29 is 23.1 Å². The van der Waals surface area contributed by atoms with E-state index in [1.807, 2.05) is 4.90 Å². The van der Waals surface area contributed by atoms with Gasteiger partial charge in [-0.05, 0) is 49.5 Å². The lowest BCUT2D eigenvalue weighted by Crippen LogP contribution is -2.43.